The second-order valence-corrected chi connectivity index (χ2v) is 1.17. The van der Waals surface area contributed by atoms with Gasteiger partial charge >= 0.3 is 0 Å². The van der Waals surface area contributed by atoms with E-state index in [2.05, 4.69) is 6.58 Å². The summed E-state index contributed by atoms with van der Waals surface area (Å²) in [4.78, 5) is 9.35. The Bertz CT molecular complexity index is 137. The zero-order valence-corrected chi connectivity index (χ0v) is 4.63. The maximum atomic E-state index is 9.83. The molecule has 0 aliphatic heterocycles. The van der Waals surface area contributed by atoms with Crippen molar-refractivity contribution in [2.75, 3.05) is 0 Å². The minimum absolute atomic E-state index is 0.0463. The van der Waals surface area contributed by atoms with Crippen LogP contribution in [0.3, 0.4) is 0 Å². The Morgan fingerprint density at radius 3 is 2.38 bits per heavy atom. The predicted octanol–water partition coefficient (Wildman–Crippen LogP) is 1.35. The zero-order chi connectivity index (χ0) is 6.57. The van der Waals surface area contributed by atoms with Crippen LogP contribution in [0.1, 0.15) is 6.92 Å². The highest BCUT2D eigenvalue weighted by Crippen LogP contribution is 1.93. The highest BCUT2D eigenvalue weighted by Gasteiger charge is 1.98. The zero-order valence-electron chi connectivity index (χ0n) is 4.63. The Kier molecular flexibility index (Phi) is 2.54. The van der Waals surface area contributed by atoms with Crippen molar-refractivity contribution in [1.82, 2.24) is 0 Å². The summed E-state index contributed by atoms with van der Waals surface area (Å²) in [6, 6.07) is 0. The standard InChI is InChI=1S/C5H7NO2/c1-3-5(4-2)6(7)8/h3-4H,1H2,2H3/b5-4-. The summed E-state index contributed by atoms with van der Waals surface area (Å²) in [5.41, 5.74) is 0.0463. The summed E-state index contributed by atoms with van der Waals surface area (Å²) in [6.45, 7) is 4.84. The van der Waals surface area contributed by atoms with Crippen molar-refractivity contribution in [3.8, 4) is 0 Å². The van der Waals surface area contributed by atoms with Crippen LogP contribution in [0.25, 0.3) is 0 Å². The average molecular weight is 113 g/mol. The first kappa shape index (κ1) is 6.88. The van der Waals surface area contributed by atoms with Crippen LogP contribution in [-0.4, -0.2) is 4.92 Å². The fraction of sp³-hybridized carbons (Fsp3) is 0.200. The molecule has 0 atom stereocenters. The van der Waals surface area contributed by atoms with Crippen molar-refractivity contribution < 1.29 is 4.92 Å². The van der Waals surface area contributed by atoms with Gasteiger partial charge < -0.3 is 0 Å². The maximum Gasteiger partial charge on any atom is 0.264 e. The maximum absolute atomic E-state index is 9.83. The lowest BCUT2D eigenvalue weighted by atomic mass is 10.4. The van der Waals surface area contributed by atoms with Crippen LogP contribution >= 0.6 is 0 Å². The minimum Gasteiger partial charge on any atom is -0.258 e. The summed E-state index contributed by atoms with van der Waals surface area (Å²) >= 11 is 0. The van der Waals surface area contributed by atoms with Crippen LogP contribution in [0, 0.1) is 10.1 Å². The van der Waals surface area contributed by atoms with Crippen LogP contribution in [0.2, 0.25) is 0 Å². The third kappa shape index (κ3) is 1.55. The van der Waals surface area contributed by atoms with E-state index in [9.17, 15) is 10.1 Å². The van der Waals surface area contributed by atoms with Crippen LogP contribution in [-0.2, 0) is 0 Å². The molecule has 44 valence electrons. The Hall–Kier alpha value is -1.12. The molecule has 0 heterocycles. The molecule has 8 heavy (non-hydrogen) atoms. The van der Waals surface area contributed by atoms with Crippen molar-refractivity contribution in [2.45, 2.75) is 6.92 Å². The first-order chi connectivity index (χ1) is 3.72. The molecule has 0 unspecified atom stereocenters. The number of hydrogen-bond acceptors (Lipinski definition) is 2. The predicted molar refractivity (Wildman–Crippen MR) is 30.9 cm³/mol. The van der Waals surface area contributed by atoms with Crippen molar-refractivity contribution in [3.05, 3.63) is 34.5 Å². The summed E-state index contributed by atoms with van der Waals surface area (Å²) < 4.78 is 0. The lowest BCUT2D eigenvalue weighted by Gasteiger charge is -1.83. The van der Waals surface area contributed by atoms with E-state index >= 15 is 0 Å². The van der Waals surface area contributed by atoms with E-state index in [0.717, 1.165) is 0 Å². The first-order valence-electron chi connectivity index (χ1n) is 2.15. The normalized spacial score (nSPS) is 10.9. The van der Waals surface area contributed by atoms with E-state index in [1.165, 1.54) is 12.2 Å². The SMILES string of the molecule is C=C/C(=C/C)[N+](=O)[O-]. The molecule has 0 aromatic heterocycles. The third-order valence-electron chi connectivity index (χ3n) is 0.716. The van der Waals surface area contributed by atoms with E-state index in [0.29, 0.717) is 0 Å². The minimum atomic E-state index is -0.479. The Labute approximate surface area is 47.5 Å². The van der Waals surface area contributed by atoms with E-state index in [-0.39, 0.29) is 5.70 Å². The first-order valence-corrected chi connectivity index (χ1v) is 2.15. The van der Waals surface area contributed by atoms with Gasteiger partial charge in [0.2, 0.25) is 0 Å². The molecular formula is C5H7NO2. The molecule has 0 aliphatic carbocycles. The molecular weight excluding hydrogens is 106 g/mol. The number of rotatable bonds is 2. The molecule has 0 radical (unpaired) electrons. The molecule has 0 rings (SSSR count). The fourth-order valence-corrected chi connectivity index (χ4v) is 0.298. The molecule has 0 aromatic rings. The van der Waals surface area contributed by atoms with Gasteiger partial charge in [-0.3, -0.25) is 10.1 Å². The van der Waals surface area contributed by atoms with Crippen LogP contribution in [0.5, 0.6) is 0 Å². The number of hydrogen-bond donors (Lipinski definition) is 0. The summed E-state index contributed by atoms with van der Waals surface area (Å²) in [5, 5.41) is 9.83. The van der Waals surface area contributed by atoms with Crippen LogP contribution in [0.4, 0.5) is 0 Å². The second-order valence-electron chi connectivity index (χ2n) is 1.17. The van der Waals surface area contributed by atoms with Gasteiger partial charge in [0, 0.05) is 6.08 Å². The molecule has 0 bridgehead atoms. The topological polar surface area (TPSA) is 43.1 Å². The van der Waals surface area contributed by atoms with E-state index < -0.39 is 4.92 Å². The number of nitrogens with zero attached hydrogens (tertiary/aromatic N) is 1. The highest BCUT2D eigenvalue weighted by atomic mass is 16.6. The lowest BCUT2D eigenvalue weighted by molar-refractivity contribution is -0.419. The molecule has 0 saturated heterocycles. The van der Waals surface area contributed by atoms with Gasteiger partial charge in [0.15, 0.2) is 0 Å². The summed E-state index contributed by atoms with van der Waals surface area (Å²) in [5.74, 6) is 0. The fourth-order valence-electron chi connectivity index (χ4n) is 0.298. The molecule has 0 aliphatic rings. The van der Waals surface area contributed by atoms with Crippen LogP contribution in [0.15, 0.2) is 24.4 Å². The second kappa shape index (κ2) is 2.96. The van der Waals surface area contributed by atoms with Gasteiger partial charge in [0.1, 0.15) is 0 Å². The molecule has 0 spiro atoms. The van der Waals surface area contributed by atoms with Crippen molar-refractivity contribution in [2.24, 2.45) is 0 Å². The Morgan fingerprint density at radius 1 is 1.88 bits per heavy atom. The molecule has 0 amide bonds. The van der Waals surface area contributed by atoms with Crippen molar-refractivity contribution >= 4 is 0 Å². The Morgan fingerprint density at radius 2 is 2.38 bits per heavy atom. The van der Waals surface area contributed by atoms with E-state index in [1.54, 1.807) is 6.92 Å². The number of nitro groups is 1. The molecule has 3 heteroatoms. The van der Waals surface area contributed by atoms with Crippen molar-refractivity contribution in [1.29, 1.82) is 0 Å². The molecule has 3 nitrogen and oxygen atoms in total. The highest BCUT2D eigenvalue weighted by molar-refractivity contribution is 5.04. The third-order valence-corrected chi connectivity index (χ3v) is 0.716. The molecule has 0 aromatic carbocycles. The average Bonchev–Trinajstić information content (AvgIpc) is 1.69. The molecule has 0 saturated carbocycles. The van der Waals surface area contributed by atoms with Gasteiger partial charge in [-0.05, 0) is 13.0 Å². The smallest absolute Gasteiger partial charge is 0.258 e. The largest absolute Gasteiger partial charge is 0.264 e. The van der Waals surface area contributed by atoms with Gasteiger partial charge in [-0.2, -0.15) is 0 Å². The van der Waals surface area contributed by atoms with E-state index in [4.69, 9.17) is 0 Å². The molecule has 0 fully saturated rings. The number of allylic oxidation sites excluding steroid dienone is 2. The van der Waals surface area contributed by atoms with Gasteiger partial charge in [-0.1, -0.05) is 6.58 Å². The Balaban J connectivity index is 4.13. The van der Waals surface area contributed by atoms with Gasteiger partial charge in [0.25, 0.3) is 5.70 Å². The lowest BCUT2D eigenvalue weighted by Crippen LogP contribution is -1.92. The van der Waals surface area contributed by atoms with Gasteiger partial charge in [0.05, 0.1) is 4.92 Å². The monoisotopic (exact) mass is 113 g/mol. The quantitative estimate of drug-likeness (QED) is 0.308. The summed E-state index contributed by atoms with van der Waals surface area (Å²) in [7, 11) is 0. The van der Waals surface area contributed by atoms with Gasteiger partial charge in [-0.15, -0.1) is 0 Å². The molecule has 0 N–H and O–H groups in total. The summed E-state index contributed by atoms with van der Waals surface area (Å²) in [6.07, 6.45) is 2.60. The van der Waals surface area contributed by atoms with E-state index in [1.807, 2.05) is 0 Å². The van der Waals surface area contributed by atoms with Crippen LogP contribution < -0.4 is 0 Å². The van der Waals surface area contributed by atoms with Gasteiger partial charge in [-0.25, -0.2) is 0 Å². The van der Waals surface area contributed by atoms with Crippen molar-refractivity contribution in [3.63, 3.8) is 0 Å².